The van der Waals surface area contributed by atoms with Gasteiger partial charge in [0.25, 0.3) is 5.91 Å². The third-order valence-electron chi connectivity index (χ3n) is 4.00. The highest BCUT2D eigenvalue weighted by molar-refractivity contribution is 7.98. The molecule has 6 nitrogen and oxygen atoms in total. The minimum atomic E-state index is -0.577. The van der Waals surface area contributed by atoms with Crippen LogP contribution in [0.3, 0.4) is 0 Å². The Morgan fingerprint density at radius 1 is 0.964 bits per heavy atom. The number of ether oxygens (including phenoxy) is 1. The number of ketones is 1. The van der Waals surface area contributed by atoms with Crippen LogP contribution in [0, 0.1) is 0 Å². The molecule has 0 saturated carbocycles. The summed E-state index contributed by atoms with van der Waals surface area (Å²) in [7, 11) is 3.86. The molecule has 28 heavy (non-hydrogen) atoms. The minimum Gasteiger partial charge on any atom is -0.456 e. The van der Waals surface area contributed by atoms with Crippen molar-refractivity contribution in [3.05, 3.63) is 54.1 Å². The number of nitrogens with one attached hydrogen (secondary N) is 1. The SMILES string of the molecule is CSc1ccc(C(=O)CCC(=O)OCC(=O)Nc2ccc(N(C)C)cc2)cc1. The fourth-order valence-corrected chi connectivity index (χ4v) is 2.80. The van der Waals surface area contributed by atoms with Crippen LogP contribution in [0.25, 0.3) is 0 Å². The lowest BCUT2D eigenvalue weighted by molar-refractivity contribution is -0.147. The second-order valence-corrected chi connectivity index (χ2v) is 7.18. The average Bonchev–Trinajstić information content (AvgIpc) is 2.71. The molecule has 0 spiro atoms. The van der Waals surface area contributed by atoms with Crippen molar-refractivity contribution in [1.82, 2.24) is 0 Å². The van der Waals surface area contributed by atoms with Crippen molar-refractivity contribution in [3.8, 4) is 0 Å². The quantitative estimate of drug-likeness (QED) is 0.394. The average molecular weight is 401 g/mol. The number of anilines is 2. The molecule has 2 aromatic carbocycles. The number of carbonyl (C=O) groups excluding carboxylic acids is 3. The summed E-state index contributed by atoms with van der Waals surface area (Å²) in [6.07, 6.45) is 1.95. The van der Waals surface area contributed by atoms with E-state index in [4.69, 9.17) is 4.74 Å². The van der Waals surface area contributed by atoms with E-state index in [1.807, 2.05) is 49.5 Å². The van der Waals surface area contributed by atoms with Gasteiger partial charge in [0.05, 0.1) is 6.42 Å². The molecule has 0 aliphatic rings. The Hall–Kier alpha value is -2.80. The Morgan fingerprint density at radius 2 is 1.61 bits per heavy atom. The van der Waals surface area contributed by atoms with Crippen molar-refractivity contribution in [2.45, 2.75) is 17.7 Å². The lowest BCUT2D eigenvalue weighted by atomic mass is 10.1. The fourth-order valence-electron chi connectivity index (χ4n) is 2.40. The van der Waals surface area contributed by atoms with Gasteiger partial charge >= 0.3 is 5.97 Å². The zero-order chi connectivity index (χ0) is 20.5. The minimum absolute atomic E-state index is 0.0467. The molecular weight excluding hydrogens is 376 g/mol. The Balaban J connectivity index is 1.72. The van der Waals surface area contributed by atoms with Gasteiger partial charge < -0.3 is 15.0 Å². The van der Waals surface area contributed by atoms with Crippen LogP contribution in [-0.2, 0) is 14.3 Å². The van der Waals surface area contributed by atoms with E-state index in [-0.39, 0.29) is 25.2 Å². The molecule has 0 aliphatic heterocycles. The largest absolute Gasteiger partial charge is 0.456 e. The van der Waals surface area contributed by atoms with Crippen LogP contribution in [0.2, 0.25) is 0 Å². The number of amides is 1. The molecule has 1 N–H and O–H groups in total. The molecule has 0 radical (unpaired) electrons. The smallest absolute Gasteiger partial charge is 0.306 e. The van der Waals surface area contributed by atoms with Crippen molar-refractivity contribution in [2.24, 2.45) is 0 Å². The molecule has 7 heteroatoms. The molecule has 0 unspecified atom stereocenters. The van der Waals surface area contributed by atoms with Crippen LogP contribution >= 0.6 is 11.8 Å². The predicted octanol–water partition coefficient (Wildman–Crippen LogP) is 3.62. The Kier molecular flexibility index (Phi) is 8.07. The van der Waals surface area contributed by atoms with Crippen LogP contribution in [0.5, 0.6) is 0 Å². The highest BCUT2D eigenvalue weighted by Gasteiger charge is 2.12. The van der Waals surface area contributed by atoms with Gasteiger partial charge in [-0.15, -0.1) is 11.8 Å². The second-order valence-electron chi connectivity index (χ2n) is 6.30. The molecule has 0 atom stereocenters. The van der Waals surface area contributed by atoms with Crippen molar-refractivity contribution in [3.63, 3.8) is 0 Å². The molecule has 0 aromatic heterocycles. The molecule has 148 valence electrons. The van der Waals surface area contributed by atoms with Crippen molar-refractivity contribution < 1.29 is 19.1 Å². The molecule has 0 fully saturated rings. The summed E-state index contributed by atoms with van der Waals surface area (Å²) in [6.45, 7) is -0.384. The predicted molar refractivity (Wildman–Crippen MR) is 112 cm³/mol. The molecule has 1 amide bonds. The zero-order valence-corrected chi connectivity index (χ0v) is 17.0. The van der Waals surface area contributed by atoms with Gasteiger partial charge in [-0.05, 0) is 42.7 Å². The molecule has 0 heterocycles. The molecular formula is C21H24N2O4S. The molecule has 0 aliphatic carbocycles. The van der Waals surface area contributed by atoms with Crippen LogP contribution in [0.4, 0.5) is 11.4 Å². The number of hydrogen-bond acceptors (Lipinski definition) is 6. The standard InChI is InChI=1S/C21H24N2O4S/c1-23(2)17-8-6-16(7-9-17)22-20(25)14-27-21(26)13-12-19(24)15-4-10-18(28-3)11-5-15/h4-11H,12-14H2,1-3H3,(H,22,25). The fraction of sp³-hybridized carbons (Fsp3) is 0.286. The number of esters is 1. The molecule has 2 rings (SSSR count). The summed E-state index contributed by atoms with van der Waals surface area (Å²) in [4.78, 5) is 38.8. The number of nitrogens with zero attached hydrogens (tertiary/aromatic N) is 1. The topological polar surface area (TPSA) is 75.7 Å². The van der Waals surface area contributed by atoms with Gasteiger partial charge in [0.2, 0.25) is 0 Å². The normalized spacial score (nSPS) is 10.2. The second kappa shape index (κ2) is 10.5. The molecule has 0 bridgehead atoms. The van der Waals surface area contributed by atoms with Gasteiger partial charge in [0.1, 0.15) is 0 Å². The van der Waals surface area contributed by atoms with E-state index < -0.39 is 11.9 Å². The first-order valence-corrected chi connectivity index (χ1v) is 10.0. The van der Waals surface area contributed by atoms with Crippen LogP contribution in [0.15, 0.2) is 53.4 Å². The van der Waals surface area contributed by atoms with E-state index >= 15 is 0 Å². The maximum absolute atomic E-state index is 12.1. The van der Waals surface area contributed by atoms with E-state index in [9.17, 15) is 14.4 Å². The van der Waals surface area contributed by atoms with E-state index in [1.54, 1.807) is 36.0 Å². The van der Waals surface area contributed by atoms with E-state index in [2.05, 4.69) is 5.32 Å². The van der Waals surface area contributed by atoms with Gasteiger partial charge in [-0.1, -0.05) is 12.1 Å². The number of rotatable bonds is 9. The number of thioether (sulfide) groups is 1. The van der Waals surface area contributed by atoms with Crippen LogP contribution in [-0.4, -0.2) is 44.6 Å². The first-order chi connectivity index (χ1) is 13.4. The molecule has 2 aromatic rings. The highest BCUT2D eigenvalue weighted by atomic mass is 32.2. The van der Waals surface area contributed by atoms with Crippen molar-refractivity contribution >= 4 is 40.8 Å². The van der Waals surface area contributed by atoms with E-state index in [0.29, 0.717) is 11.3 Å². The number of benzene rings is 2. The summed E-state index contributed by atoms with van der Waals surface area (Å²) in [6, 6.07) is 14.5. The maximum atomic E-state index is 12.1. The van der Waals surface area contributed by atoms with Crippen molar-refractivity contribution in [2.75, 3.05) is 37.2 Å². The van der Waals surface area contributed by atoms with E-state index in [1.165, 1.54) is 0 Å². The summed E-state index contributed by atoms with van der Waals surface area (Å²) in [5, 5.41) is 2.66. The number of Topliss-reactive ketones (excluding diaryl/α,β-unsaturated/α-hetero) is 1. The Bertz CT molecular complexity index is 817. The third kappa shape index (κ3) is 6.74. The Labute approximate surface area is 169 Å². The number of hydrogen-bond donors (Lipinski definition) is 1. The summed E-state index contributed by atoms with van der Waals surface area (Å²) in [5.41, 5.74) is 2.19. The zero-order valence-electron chi connectivity index (χ0n) is 16.2. The number of carbonyl (C=O) groups is 3. The lowest BCUT2D eigenvalue weighted by Gasteiger charge is -2.13. The molecule has 0 saturated heterocycles. The van der Waals surface area contributed by atoms with Gasteiger partial charge in [-0.2, -0.15) is 0 Å². The Morgan fingerprint density at radius 3 is 2.18 bits per heavy atom. The van der Waals surface area contributed by atoms with Crippen LogP contribution in [0.1, 0.15) is 23.2 Å². The van der Waals surface area contributed by atoms with Crippen molar-refractivity contribution in [1.29, 1.82) is 0 Å². The third-order valence-corrected chi connectivity index (χ3v) is 4.74. The van der Waals surface area contributed by atoms with Gasteiger partial charge in [-0.3, -0.25) is 14.4 Å². The monoisotopic (exact) mass is 400 g/mol. The van der Waals surface area contributed by atoms with Gasteiger partial charge in [0, 0.05) is 42.3 Å². The first-order valence-electron chi connectivity index (χ1n) is 8.79. The first kappa shape index (κ1) is 21.5. The summed E-state index contributed by atoms with van der Waals surface area (Å²) >= 11 is 1.59. The van der Waals surface area contributed by atoms with E-state index in [0.717, 1.165) is 10.6 Å². The van der Waals surface area contributed by atoms with Gasteiger partial charge in [-0.25, -0.2) is 0 Å². The maximum Gasteiger partial charge on any atom is 0.306 e. The lowest BCUT2D eigenvalue weighted by Crippen LogP contribution is -2.21. The summed E-state index contributed by atoms with van der Waals surface area (Å²) in [5.74, 6) is -1.13. The van der Waals surface area contributed by atoms with Gasteiger partial charge in [0.15, 0.2) is 12.4 Å². The highest BCUT2D eigenvalue weighted by Crippen LogP contribution is 2.17. The summed E-state index contributed by atoms with van der Waals surface area (Å²) < 4.78 is 4.95. The van der Waals surface area contributed by atoms with Crippen LogP contribution < -0.4 is 10.2 Å².